The Bertz CT molecular complexity index is 357. The van der Waals surface area contributed by atoms with Gasteiger partial charge in [0.15, 0.2) is 0 Å². The van der Waals surface area contributed by atoms with Crippen molar-refractivity contribution in [1.29, 1.82) is 0 Å². The van der Waals surface area contributed by atoms with E-state index in [0.29, 0.717) is 0 Å². The molecule has 1 fully saturated rings. The number of likely N-dealkylation sites (N-methyl/N-ethyl adjacent to an activating group) is 1. The van der Waals surface area contributed by atoms with E-state index in [1.807, 2.05) is 6.92 Å². The summed E-state index contributed by atoms with van der Waals surface area (Å²) in [7, 11) is 2.11. The van der Waals surface area contributed by atoms with Crippen LogP contribution in [0.2, 0.25) is 0 Å². The van der Waals surface area contributed by atoms with Crippen LogP contribution in [0, 0.1) is 6.92 Å². The van der Waals surface area contributed by atoms with E-state index in [-0.39, 0.29) is 12.1 Å². The van der Waals surface area contributed by atoms with Crippen LogP contribution in [-0.2, 0) is 11.2 Å². The molecule has 1 saturated heterocycles. The standard InChI is InChI=1S/C11H20N4OS/c1-8-13-9(7-17-8)5-10(14-12)11-6-15(2)3-4-16-11/h7,10-11,14H,3-6,12H2,1-2H3. The Balaban J connectivity index is 1.95. The molecule has 3 N–H and O–H groups in total. The van der Waals surface area contributed by atoms with Gasteiger partial charge in [-0.3, -0.25) is 11.3 Å². The number of nitrogens with zero attached hydrogens (tertiary/aromatic N) is 2. The highest BCUT2D eigenvalue weighted by molar-refractivity contribution is 7.09. The molecule has 1 aromatic heterocycles. The number of thiazole rings is 1. The molecule has 0 saturated carbocycles. The van der Waals surface area contributed by atoms with E-state index >= 15 is 0 Å². The molecule has 2 rings (SSSR count). The highest BCUT2D eigenvalue weighted by atomic mass is 32.1. The van der Waals surface area contributed by atoms with Crippen molar-refractivity contribution in [3.05, 3.63) is 16.1 Å². The number of aromatic nitrogens is 1. The zero-order valence-electron chi connectivity index (χ0n) is 10.3. The lowest BCUT2D eigenvalue weighted by Crippen LogP contribution is -2.54. The normalized spacial score (nSPS) is 23.8. The second-order valence-corrected chi connectivity index (χ2v) is 5.57. The fraction of sp³-hybridized carbons (Fsp3) is 0.727. The lowest BCUT2D eigenvalue weighted by atomic mass is 10.1. The summed E-state index contributed by atoms with van der Waals surface area (Å²) >= 11 is 1.67. The largest absolute Gasteiger partial charge is 0.374 e. The van der Waals surface area contributed by atoms with Crippen molar-refractivity contribution < 1.29 is 4.74 Å². The average Bonchev–Trinajstić information content (AvgIpc) is 2.72. The summed E-state index contributed by atoms with van der Waals surface area (Å²) in [6, 6.07) is 0.124. The number of nitrogens with one attached hydrogen (secondary N) is 1. The Kier molecular flexibility index (Phi) is 4.47. The third-order valence-corrected chi connectivity index (χ3v) is 3.88. The summed E-state index contributed by atoms with van der Waals surface area (Å²) < 4.78 is 5.77. The summed E-state index contributed by atoms with van der Waals surface area (Å²) in [6.45, 7) is 4.70. The van der Waals surface area contributed by atoms with Crippen molar-refractivity contribution >= 4 is 11.3 Å². The Morgan fingerprint density at radius 1 is 1.76 bits per heavy atom. The van der Waals surface area contributed by atoms with Crippen LogP contribution < -0.4 is 11.3 Å². The summed E-state index contributed by atoms with van der Waals surface area (Å²) in [6.07, 6.45) is 0.958. The monoisotopic (exact) mass is 256 g/mol. The van der Waals surface area contributed by atoms with Gasteiger partial charge in [0.2, 0.25) is 0 Å². The number of hydrogen-bond donors (Lipinski definition) is 2. The molecule has 2 heterocycles. The molecule has 0 aliphatic carbocycles. The van der Waals surface area contributed by atoms with E-state index in [2.05, 4.69) is 27.7 Å². The maximum absolute atomic E-state index is 5.77. The number of aryl methyl sites for hydroxylation is 1. The summed E-state index contributed by atoms with van der Waals surface area (Å²) in [4.78, 5) is 6.73. The highest BCUT2D eigenvalue weighted by Crippen LogP contribution is 2.14. The molecule has 2 atom stereocenters. The van der Waals surface area contributed by atoms with Gasteiger partial charge in [0, 0.05) is 24.9 Å². The molecule has 0 aromatic carbocycles. The van der Waals surface area contributed by atoms with Gasteiger partial charge >= 0.3 is 0 Å². The van der Waals surface area contributed by atoms with E-state index in [1.165, 1.54) is 0 Å². The molecule has 1 aliphatic heterocycles. The molecule has 0 bridgehead atoms. The molecule has 17 heavy (non-hydrogen) atoms. The predicted octanol–water partition coefficient (Wildman–Crippen LogP) is 0.157. The van der Waals surface area contributed by atoms with Crippen LogP contribution in [0.3, 0.4) is 0 Å². The topological polar surface area (TPSA) is 63.4 Å². The van der Waals surface area contributed by atoms with Gasteiger partial charge in [-0.05, 0) is 14.0 Å². The molecule has 0 spiro atoms. The smallest absolute Gasteiger partial charge is 0.0897 e. The Labute approximate surface area is 106 Å². The van der Waals surface area contributed by atoms with E-state index in [0.717, 1.165) is 36.8 Å². The van der Waals surface area contributed by atoms with E-state index in [9.17, 15) is 0 Å². The van der Waals surface area contributed by atoms with Crippen molar-refractivity contribution in [1.82, 2.24) is 15.3 Å². The molecule has 6 heteroatoms. The zero-order chi connectivity index (χ0) is 12.3. The maximum Gasteiger partial charge on any atom is 0.0897 e. The van der Waals surface area contributed by atoms with Gasteiger partial charge in [0.05, 0.1) is 29.5 Å². The average molecular weight is 256 g/mol. The van der Waals surface area contributed by atoms with Crippen molar-refractivity contribution in [3.63, 3.8) is 0 Å². The fourth-order valence-corrected chi connectivity index (χ4v) is 2.70. The minimum atomic E-state index is 0.124. The Morgan fingerprint density at radius 2 is 2.59 bits per heavy atom. The van der Waals surface area contributed by atoms with Crippen LogP contribution in [0.25, 0.3) is 0 Å². The third kappa shape index (κ3) is 3.46. The second kappa shape index (κ2) is 5.88. The quantitative estimate of drug-likeness (QED) is 0.593. The van der Waals surface area contributed by atoms with Crippen LogP contribution in [0.1, 0.15) is 10.7 Å². The van der Waals surface area contributed by atoms with Crippen LogP contribution in [0.4, 0.5) is 0 Å². The number of rotatable bonds is 4. The Hall–Kier alpha value is -0.530. The first kappa shape index (κ1) is 12.9. The van der Waals surface area contributed by atoms with Gasteiger partial charge < -0.3 is 9.64 Å². The third-order valence-electron chi connectivity index (χ3n) is 3.06. The number of morpholine rings is 1. The van der Waals surface area contributed by atoms with Crippen molar-refractivity contribution in [3.8, 4) is 0 Å². The number of ether oxygens (including phenoxy) is 1. The van der Waals surface area contributed by atoms with Gasteiger partial charge in [-0.15, -0.1) is 11.3 Å². The van der Waals surface area contributed by atoms with Gasteiger partial charge in [-0.1, -0.05) is 0 Å². The van der Waals surface area contributed by atoms with Crippen LogP contribution in [0.15, 0.2) is 5.38 Å². The van der Waals surface area contributed by atoms with Gasteiger partial charge in [-0.2, -0.15) is 0 Å². The van der Waals surface area contributed by atoms with Gasteiger partial charge in [-0.25, -0.2) is 4.98 Å². The predicted molar refractivity (Wildman–Crippen MR) is 68.9 cm³/mol. The van der Waals surface area contributed by atoms with Gasteiger partial charge in [0.25, 0.3) is 0 Å². The molecule has 2 unspecified atom stereocenters. The van der Waals surface area contributed by atoms with Crippen molar-refractivity contribution in [2.45, 2.75) is 25.5 Å². The summed E-state index contributed by atoms with van der Waals surface area (Å²) in [5.74, 6) is 5.63. The summed E-state index contributed by atoms with van der Waals surface area (Å²) in [5.41, 5.74) is 3.95. The molecular formula is C11H20N4OS. The minimum Gasteiger partial charge on any atom is -0.374 e. The number of hydrazine groups is 1. The van der Waals surface area contributed by atoms with Crippen molar-refractivity contribution in [2.24, 2.45) is 5.84 Å². The fourth-order valence-electron chi connectivity index (χ4n) is 2.08. The maximum atomic E-state index is 5.77. The van der Waals surface area contributed by atoms with Crippen LogP contribution in [-0.4, -0.2) is 48.8 Å². The molecular weight excluding hydrogens is 236 g/mol. The van der Waals surface area contributed by atoms with Crippen LogP contribution in [0.5, 0.6) is 0 Å². The molecule has 96 valence electrons. The highest BCUT2D eigenvalue weighted by Gasteiger charge is 2.26. The SMILES string of the molecule is Cc1nc(CC(NN)C2CN(C)CCO2)cs1. The number of nitrogens with two attached hydrogens (primary N) is 1. The minimum absolute atomic E-state index is 0.124. The van der Waals surface area contributed by atoms with Crippen LogP contribution >= 0.6 is 11.3 Å². The first-order valence-corrected chi connectivity index (χ1v) is 6.74. The molecule has 0 amide bonds. The van der Waals surface area contributed by atoms with Crippen molar-refractivity contribution in [2.75, 3.05) is 26.7 Å². The number of hydrogen-bond acceptors (Lipinski definition) is 6. The second-order valence-electron chi connectivity index (χ2n) is 4.51. The summed E-state index contributed by atoms with van der Waals surface area (Å²) in [5, 5.41) is 3.18. The molecule has 0 radical (unpaired) electrons. The van der Waals surface area contributed by atoms with E-state index < -0.39 is 0 Å². The molecule has 1 aliphatic rings. The lowest BCUT2D eigenvalue weighted by Gasteiger charge is -2.34. The van der Waals surface area contributed by atoms with Gasteiger partial charge in [0.1, 0.15) is 0 Å². The first-order chi connectivity index (χ1) is 8.19. The molecule has 1 aromatic rings. The first-order valence-electron chi connectivity index (χ1n) is 5.86. The van der Waals surface area contributed by atoms with E-state index in [1.54, 1.807) is 11.3 Å². The Morgan fingerprint density at radius 3 is 3.18 bits per heavy atom. The zero-order valence-corrected chi connectivity index (χ0v) is 11.2. The molecule has 5 nitrogen and oxygen atoms in total. The lowest BCUT2D eigenvalue weighted by molar-refractivity contribution is -0.0385. The van der Waals surface area contributed by atoms with E-state index in [4.69, 9.17) is 10.6 Å².